The number of hydrogen-bond acceptors (Lipinski definition) is 5. The number of rotatable bonds is 6. The summed E-state index contributed by atoms with van der Waals surface area (Å²) in [6.07, 6.45) is 0.802. The van der Waals surface area contributed by atoms with Gasteiger partial charge in [0.15, 0.2) is 5.13 Å². The second-order valence-corrected chi connectivity index (χ2v) is 8.33. The van der Waals surface area contributed by atoms with E-state index in [1.54, 1.807) is 35.2 Å². The lowest BCUT2D eigenvalue weighted by atomic mass is 10.2. The molecule has 1 aromatic heterocycles. The molecule has 0 saturated carbocycles. The molecule has 1 fully saturated rings. The Morgan fingerprint density at radius 2 is 2.07 bits per heavy atom. The minimum absolute atomic E-state index is 0.158. The molecule has 152 valence electrons. The van der Waals surface area contributed by atoms with Crippen molar-refractivity contribution in [3.8, 4) is 0 Å². The first kappa shape index (κ1) is 20.2. The number of ether oxygens (including phenoxy) is 1. The predicted octanol–water partition coefficient (Wildman–Crippen LogP) is 4.46. The number of morpholine rings is 1. The highest BCUT2D eigenvalue weighted by Gasteiger charge is 2.22. The van der Waals surface area contributed by atoms with Crippen LogP contribution in [-0.4, -0.2) is 55.2 Å². The van der Waals surface area contributed by atoms with Crippen LogP contribution in [0, 0.1) is 5.82 Å². The topological polar surface area (TPSA) is 45.7 Å². The largest absolute Gasteiger partial charge is 0.379 e. The number of thiazole rings is 1. The molecule has 0 bridgehead atoms. The number of halogens is 2. The first-order valence-electron chi connectivity index (χ1n) is 9.54. The first-order chi connectivity index (χ1) is 14.1. The van der Waals surface area contributed by atoms with Crippen LogP contribution in [0.2, 0.25) is 5.02 Å². The molecule has 5 nitrogen and oxygen atoms in total. The number of carbonyl (C=O) groups excluding carboxylic acids is 1. The summed E-state index contributed by atoms with van der Waals surface area (Å²) in [7, 11) is 0. The van der Waals surface area contributed by atoms with Crippen LogP contribution in [0.25, 0.3) is 10.2 Å². The molecule has 0 atom stereocenters. The van der Waals surface area contributed by atoms with E-state index in [-0.39, 0.29) is 11.7 Å². The van der Waals surface area contributed by atoms with Crippen LogP contribution in [0.15, 0.2) is 42.5 Å². The summed E-state index contributed by atoms with van der Waals surface area (Å²) < 4.78 is 19.7. The molecule has 0 N–H and O–H groups in total. The third-order valence-corrected chi connectivity index (χ3v) is 6.12. The fourth-order valence-corrected chi connectivity index (χ4v) is 4.55. The number of hydrogen-bond donors (Lipinski definition) is 0. The molecule has 0 spiro atoms. The molecular formula is C21H21ClFN3O2S. The molecule has 29 heavy (non-hydrogen) atoms. The fraction of sp³-hybridized carbons (Fsp3) is 0.333. The highest BCUT2D eigenvalue weighted by Crippen LogP contribution is 2.30. The van der Waals surface area contributed by atoms with Crippen LogP contribution >= 0.6 is 22.9 Å². The molecule has 4 rings (SSSR count). The first-order valence-corrected chi connectivity index (χ1v) is 10.7. The summed E-state index contributed by atoms with van der Waals surface area (Å²) in [5, 5.41) is 1.08. The normalized spacial score (nSPS) is 15.0. The van der Waals surface area contributed by atoms with Gasteiger partial charge < -0.3 is 4.74 Å². The van der Waals surface area contributed by atoms with Crippen molar-refractivity contribution in [2.45, 2.75) is 6.42 Å². The van der Waals surface area contributed by atoms with Gasteiger partial charge >= 0.3 is 0 Å². The summed E-state index contributed by atoms with van der Waals surface area (Å²) in [4.78, 5) is 21.8. The zero-order valence-corrected chi connectivity index (χ0v) is 17.4. The third-order valence-electron chi connectivity index (χ3n) is 4.85. The average molecular weight is 434 g/mol. The van der Waals surface area contributed by atoms with E-state index in [0.717, 1.165) is 44.0 Å². The Labute approximate surface area is 177 Å². The second kappa shape index (κ2) is 9.17. The molecule has 3 aromatic rings. The molecule has 0 unspecified atom stereocenters. The van der Waals surface area contributed by atoms with Gasteiger partial charge in [-0.3, -0.25) is 14.6 Å². The third kappa shape index (κ3) is 4.93. The summed E-state index contributed by atoms with van der Waals surface area (Å²) in [5.74, 6) is -0.471. The quantitative estimate of drug-likeness (QED) is 0.575. The lowest BCUT2D eigenvalue weighted by Crippen LogP contribution is -2.39. The molecule has 8 heteroatoms. The maximum atomic E-state index is 13.6. The Hall–Kier alpha value is -2.06. The zero-order chi connectivity index (χ0) is 20.2. The van der Waals surface area contributed by atoms with E-state index in [1.165, 1.54) is 23.5 Å². The molecule has 1 aliphatic heterocycles. The van der Waals surface area contributed by atoms with E-state index < -0.39 is 0 Å². The van der Waals surface area contributed by atoms with Gasteiger partial charge in [0.1, 0.15) is 5.82 Å². The van der Waals surface area contributed by atoms with Crippen molar-refractivity contribution in [1.29, 1.82) is 0 Å². The fourth-order valence-electron chi connectivity index (χ4n) is 3.34. The van der Waals surface area contributed by atoms with Crippen molar-refractivity contribution in [3.05, 3.63) is 58.9 Å². The molecule has 0 aliphatic carbocycles. The minimum Gasteiger partial charge on any atom is -0.379 e. The van der Waals surface area contributed by atoms with Gasteiger partial charge in [0.25, 0.3) is 5.91 Å². The lowest BCUT2D eigenvalue weighted by molar-refractivity contribution is 0.0376. The van der Waals surface area contributed by atoms with Crippen molar-refractivity contribution in [2.24, 2.45) is 0 Å². The van der Waals surface area contributed by atoms with E-state index in [1.807, 2.05) is 0 Å². The molecule has 2 aromatic carbocycles. The number of amides is 1. The Morgan fingerprint density at radius 3 is 2.86 bits per heavy atom. The van der Waals surface area contributed by atoms with Crippen molar-refractivity contribution in [2.75, 3.05) is 44.3 Å². The van der Waals surface area contributed by atoms with Gasteiger partial charge in [-0.15, -0.1) is 0 Å². The summed E-state index contributed by atoms with van der Waals surface area (Å²) in [6, 6.07) is 11.4. The minimum atomic E-state index is -0.312. The standard InChI is InChI=1S/C21H21ClFN3O2S/c22-16-4-1-3-15(13-16)20(27)26(8-2-7-25-9-11-28-12-10-25)21-24-18-6-5-17(23)14-19(18)29-21/h1,3-6,13-14H,2,7-12H2. The maximum absolute atomic E-state index is 13.6. The number of fused-ring (bicyclic) bond motifs is 1. The zero-order valence-electron chi connectivity index (χ0n) is 15.8. The second-order valence-electron chi connectivity index (χ2n) is 6.88. The van der Waals surface area contributed by atoms with Gasteiger partial charge in [-0.25, -0.2) is 9.37 Å². The molecule has 1 saturated heterocycles. The highest BCUT2D eigenvalue weighted by molar-refractivity contribution is 7.22. The summed E-state index contributed by atoms with van der Waals surface area (Å²) in [6.45, 7) is 4.70. The lowest BCUT2D eigenvalue weighted by Gasteiger charge is -2.27. The summed E-state index contributed by atoms with van der Waals surface area (Å²) >= 11 is 7.40. The van der Waals surface area contributed by atoms with E-state index in [4.69, 9.17) is 16.3 Å². The average Bonchev–Trinajstić information content (AvgIpc) is 3.14. The number of nitrogens with zero attached hydrogens (tertiary/aromatic N) is 3. The van der Waals surface area contributed by atoms with E-state index in [2.05, 4.69) is 9.88 Å². The molecule has 0 radical (unpaired) electrons. The monoisotopic (exact) mass is 433 g/mol. The van der Waals surface area contributed by atoms with E-state index in [9.17, 15) is 9.18 Å². The van der Waals surface area contributed by atoms with Crippen LogP contribution in [0.5, 0.6) is 0 Å². The van der Waals surface area contributed by atoms with Crippen molar-refractivity contribution in [3.63, 3.8) is 0 Å². The van der Waals surface area contributed by atoms with Crippen LogP contribution in [0.1, 0.15) is 16.8 Å². The predicted molar refractivity (Wildman–Crippen MR) is 115 cm³/mol. The number of carbonyl (C=O) groups is 1. The number of aromatic nitrogens is 1. The Kier molecular flexibility index (Phi) is 6.40. The van der Waals surface area contributed by atoms with Gasteiger partial charge in [-0.2, -0.15) is 0 Å². The Morgan fingerprint density at radius 1 is 1.24 bits per heavy atom. The van der Waals surface area contributed by atoms with Crippen LogP contribution in [0.3, 0.4) is 0 Å². The van der Waals surface area contributed by atoms with Crippen LogP contribution < -0.4 is 4.90 Å². The van der Waals surface area contributed by atoms with Gasteiger partial charge in [-0.05, 0) is 42.8 Å². The molecule has 1 aliphatic rings. The molecular weight excluding hydrogens is 413 g/mol. The Balaban J connectivity index is 1.57. The summed E-state index contributed by atoms with van der Waals surface area (Å²) in [5.41, 5.74) is 1.19. The van der Waals surface area contributed by atoms with Gasteiger partial charge in [0.05, 0.1) is 23.4 Å². The van der Waals surface area contributed by atoms with Crippen molar-refractivity contribution in [1.82, 2.24) is 9.88 Å². The maximum Gasteiger partial charge on any atom is 0.260 e. The SMILES string of the molecule is O=C(c1cccc(Cl)c1)N(CCCN1CCOCC1)c1nc2ccc(F)cc2s1. The van der Waals surface area contributed by atoms with Crippen LogP contribution in [0.4, 0.5) is 9.52 Å². The Bertz CT molecular complexity index is 1010. The smallest absolute Gasteiger partial charge is 0.260 e. The molecule has 1 amide bonds. The van der Waals surface area contributed by atoms with Gasteiger partial charge in [0, 0.05) is 36.8 Å². The van der Waals surface area contributed by atoms with E-state index >= 15 is 0 Å². The van der Waals surface area contributed by atoms with Gasteiger partial charge in [0.2, 0.25) is 0 Å². The van der Waals surface area contributed by atoms with Gasteiger partial charge in [-0.1, -0.05) is 29.0 Å². The van der Waals surface area contributed by atoms with Crippen molar-refractivity contribution >= 4 is 44.2 Å². The van der Waals surface area contributed by atoms with Crippen molar-refractivity contribution < 1.29 is 13.9 Å². The number of anilines is 1. The number of benzene rings is 2. The molecule has 2 heterocycles. The van der Waals surface area contributed by atoms with E-state index in [0.29, 0.717) is 27.8 Å². The van der Waals surface area contributed by atoms with Crippen LogP contribution in [-0.2, 0) is 4.74 Å². The highest BCUT2D eigenvalue weighted by atomic mass is 35.5.